The van der Waals surface area contributed by atoms with E-state index in [0.717, 1.165) is 16.5 Å². The molecular weight excluding hydrogens is 258 g/mol. The minimum absolute atomic E-state index is 0.00269. The molecule has 0 bridgehead atoms. The van der Waals surface area contributed by atoms with E-state index in [-0.39, 0.29) is 11.8 Å². The second kappa shape index (κ2) is 7.62. The van der Waals surface area contributed by atoms with E-state index >= 15 is 0 Å². The van der Waals surface area contributed by atoms with E-state index in [4.69, 9.17) is 4.74 Å². The average molecular weight is 275 g/mol. The number of nitrogens with zero attached hydrogens (tertiary/aromatic N) is 2. The molecule has 0 radical (unpaired) electrons. The van der Waals surface area contributed by atoms with Crippen LogP contribution in [0.5, 0.6) is 0 Å². The van der Waals surface area contributed by atoms with Gasteiger partial charge in [0, 0.05) is 18.8 Å². The Morgan fingerprint density at radius 3 is 3.00 bits per heavy atom. The van der Waals surface area contributed by atoms with Gasteiger partial charge in [-0.05, 0) is 6.42 Å². The molecule has 0 aliphatic carbocycles. The minimum atomic E-state index is -0.00269. The highest BCUT2D eigenvalue weighted by Gasteiger charge is 2.13. The second-order valence-electron chi connectivity index (χ2n) is 3.51. The number of methoxy groups -OCH3 is 1. The van der Waals surface area contributed by atoms with Crippen molar-refractivity contribution in [2.75, 3.05) is 24.8 Å². The Balaban J connectivity index is 2.42. The van der Waals surface area contributed by atoms with Gasteiger partial charge in [-0.3, -0.25) is 4.79 Å². The van der Waals surface area contributed by atoms with Gasteiger partial charge in [0.15, 0.2) is 4.34 Å². The summed E-state index contributed by atoms with van der Waals surface area (Å²) < 4.78 is 5.80. The maximum absolute atomic E-state index is 11.6. The molecule has 0 unspecified atom stereocenters. The number of carbonyl (C=O) groups excluding carboxylic acids is 1. The first-order chi connectivity index (χ1) is 8.17. The van der Waals surface area contributed by atoms with Gasteiger partial charge >= 0.3 is 0 Å². The molecule has 0 aromatic carbocycles. The van der Waals surface area contributed by atoms with Crippen molar-refractivity contribution in [3.8, 4) is 0 Å². The molecule has 1 heterocycles. The zero-order valence-corrected chi connectivity index (χ0v) is 11.9. The van der Waals surface area contributed by atoms with Crippen LogP contribution in [0.25, 0.3) is 0 Å². The van der Waals surface area contributed by atoms with Crippen LogP contribution < -0.4 is 5.32 Å². The molecule has 1 atom stereocenters. The van der Waals surface area contributed by atoms with Crippen LogP contribution in [-0.2, 0) is 9.53 Å². The summed E-state index contributed by atoms with van der Waals surface area (Å²) in [5.41, 5.74) is 0. The van der Waals surface area contributed by atoms with Gasteiger partial charge in [-0.2, -0.15) is 0 Å². The van der Waals surface area contributed by atoms with Gasteiger partial charge in [0.25, 0.3) is 0 Å². The summed E-state index contributed by atoms with van der Waals surface area (Å²) in [4.78, 5) is 11.6. The van der Waals surface area contributed by atoms with Crippen molar-refractivity contribution in [3.05, 3.63) is 0 Å². The van der Waals surface area contributed by atoms with E-state index in [2.05, 4.69) is 15.5 Å². The molecule has 0 saturated carbocycles. The van der Waals surface area contributed by atoms with E-state index in [1.807, 2.05) is 13.8 Å². The fourth-order valence-electron chi connectivity index (χ4n) is 0.945. The van der Waals surface area contributed by atoms with Crippen molar-refractivity contribution < 1.29 is 9.53 Å². The number of nitrogens with one attached hydrogen (secondary N) is 1. The zero-order valence-electron chi connectivity index (χ0n) is 10.2. The quantitative estimate of drug-likeness (QED) is 0.470. The number of thioether (sulfide) groups is 1. The van der Waals surface area contributed by atoms with Crippen LogP contribution in [0.2, 0.25) is 0 Å². The molecule has 0 fully saturated rings. The molecule has 0 saturated heterocycles. The van der Waals surface area contributed by atoms with Crippen LogP contribution in [0.1, 0.15) is 20.3 Å². The zero-order chi connectivity index (χ0) is 12.7. The van der Waals surface area contributed by atoms with Gasteiger partial charge in [-0.15, -0.1) is 10.2 Å². The summed E-state index contributed by atoms with van der Waals surface area (Å²) in [5.74, 6) is 0.838. The summed E-state index contributed by atoms with van der Waals surface area (Å²) in [6.07, 6.45) is 0.820. The van der Waals surface area contributed by atoms with Crippen molar-refractivity contribution in [1.29, 1.82) is 0 Å². The summed E-state index contributed by atoms with van der Waals surface area (Å²) in [6.45, 7) is 4.56. The molecule has 1 amide bonds. The maximum atomic E-state index is 11.6. The number of hydrogen-bond donors (Lipinski definition) is 1. The topological polar surface area (TPSA) is 64.1 Å². The summed E-state index contributed by atoms with van der Waals surface area (Å²) in [5, 5.41) is 11.2. The Morgan fingerprint density at radius 1 is 1.59 bits per heavy atom. The molecule has 5 nitrogen and oxygen atoms in total. The van der Waals surface area contributed by atoms with Crippen LogP contribution in [-0.4, -0.2) is 35.6 Å². The standard InChI is InChI=1S/C10H17N3O2S2/c1-4-7(2)8(14)11-9-12-13-10(17-9)16-6-5-15-3/h7H,4-6H2,1-3H3,(H,11,12,14)/t7-/m0/s1. The number of rotatable bonds is 7. The van der Waals surface area contributed by atoms with Crippen LogP contribution in [0.3, 0.4) is 0 Å². The molecule has 1 N–H and O–H groups in total. The van der Waals surface area contributed by atoms with Gasteiger partial charge in [0.2, 0.25) is 11.0 Å². The fourth-order valence-corrected chi connectivity index (χ4v) is 2.67. The Kier molecular flexibility index (Phi) is 6.46. The fraction of sp³-hybridized carbons (Fsp3) is 0.700. The van der Waals surface area contributed by atoms with E-state index in [9.17, 15) is 4.79 Å². The molecule has 7 heteroatoms. The van der Waals surface area contributed by atoms with E-state index in [1.165, 1.54) is 11.3 Å². The molecule has 0 spiro atoms. The number of aromatic nitrogens is 2. The number of carbonyl (C=O) groups is 1. The highest BCUT2D eigenvalue weighted by molar-refractivity contribution is 8.01. The number of amides is 1. The van der Waals surface area contributed by atoms with Crippen molar-refractivity contribution in [2.45, 2.75) is 24.6 Å². The molecule has 96 valence electrons. The Labute approximate surface area is 109 Å². The second-order valence-corrected chi connectivity index (χ2v) is 5.83. The van der Waals surface area contributed by atoms with Crippen LogP contribution in [0.4, 0.5) is 5.13 Å². The Morgan fingerprint density at radius 2 is 2.35 bits per heavy atom. The van der Waals surface area contributed by atoms with Gasteiger partial charge in [0.1, 0.15) is 0 Å². The molecule has 1 rings (SSSR count). The van der Waals surface area contributed by atoms with Crippen LogP contribution in [0.15, 0.2) is 4.34 Å². The molecule has 1 aromatic rings. The Bertz CT molecular complexity index is 357. The third-order valence-corrected chi connectivity index (χ3v) is 4.15. The first-order valence-corrected chi connectivity index (χ1v) is 7.23. The molecule has 0 aliphatic rings. The molecule has 0 aliphatic heterocycles. The lowest BCUT2D eigenvalue weighted by atomic mass is 10.1. The lowest BCUT2D eigenvalue weighted by Crippen LogP contribution is -2.19. The predicted molar refractivity (Wildman–Crippen MR) is 70.6 cm³/mol. The van der Waals surface area contributed by atoms with Crippen molar-refractivity contribution >= 4 is 34.1 Å². The lowest BCUT2D eigenvalue weighted by molar-refractivity contribution is -0.119. The van der Waals surface area contributed by atoms with Gasteiger partial charge < -0.3 is 10.1 Å². The Hall–Kier alpha value is -0.660. The van der Waals surface area contributed by atoms with Crippen LogP contribution >= 0.6 is 23.1 Å². The largest absolute Gasteiger partial charge is 0.384 e. The van der Waals surface area contributed by atoms with Crippen molar-refractivity contribution in [1.82, 2.24) is 10.2 Å². The average Bonchev–Trinajstić information content (AvgIpc) is 2.76. The van der Waals surface area contributed by atoms with Crippen molar-refractivity contribution in [2.24, 2.45) is 5.92 Å². The smallest absolute Gasteiger partial charge is 0.229 e. The maximum Gasteiger partial charge on any atom is 0.229 e. The first kappa shape index (κ1) is 14.4. The number of anilines is 1. The van der Waals surface area contributed by atoms with Gasteiger partial charge in [-0.1, -0.05) is 36.9 Å². The highest BCUT2D eigenvalue weighted by atomic mass is 32.2. The summed E-state index contributed by atoms with van der Waals surface area (Å²) >= 11 is 2.97. The highest BCUT2D eigenvalue weighted by Crippen LogP contribution is 2.25. The van der Waals surface area contributed by atoms with E-state index in [0.29, 0.717) is 11.7 Å². The third kappa shape index (κ3) is 5.01. The van der Waals surface area contributed by atoms with Crippen molar-refractivity contribution in [3.63, 3.8) is 0 Å². The van der Waals surface area contributed by atoms with Crippen LogP contribution in [0, 0.1) is 5.92 Å². The molecular formula is C10H17N3O2S2. The monoisotopic (exact) mass is 275 g/mol. The molecule has 17 heavy (non-hydrogen) atoms. The summed E-state index contributed by atoms with van der Waals surface area (Å²) in [6, 6.07) is 0. The molecule has 1 aromatic heterocycles. The number of hydrogen-bond acceptors (Lipinski definition) is 6. The number of ether oxygens (including phenoxy) is 1. The normalized spacial score (nSPS) is 12.4. The first-order valence-electron chi connectivity index (χ1n) is 5.43. The third-order valence-electron chi connectivity index (χ3n) is 2.21. The predicted octanol–water partition coefficient (Wildman–Crippen LogP) is 2.26. The lowest BCUT2D eigenvalue weighted by Gasteiger charge is -2.05. The minimum Gasteiger partial charge on any atom is -0.384 e. The van der Waals surface area contributed by atoms with Gasteiger partial charge in [0.05, 0.1) is 6.61 Å². The van der Waals surface area contributed by atoms with Gasteiger partial charge in [-0.25, -0.2) is 0 Å². The summed E-state index contributed by atoms with van der Waals surface area (Å²) in [7, 11) is 1.67. The van der Waals surface area contributed by atoms with E-state index in [1.54, 1.807) is 18.9 Å². The SMILES string of the molecule is CC[C@H](C)C(=O)Nc1nnc(SCCOC)s1. The van der Waals surface area contributed by atoms with E-state index < -0.39 is 0 Å².